The summed E-state index contributed by atoms with van der Waals surface area (Å²) in [6, 6.07) is 7.62. The van der Waals surface area contributed by atoms with E-state index in [2.05, 4.69) is 11.9 Å². The highest BCUT2D eigenvalue weighted by Crippen LogP contribution is 2.27. The van der Waals surface area contributed by atoms with E-state index >= 15 is 0 Å². The fourth-order valence-electron chi connectivity index (χ4n) is 1.52. The number of carbonyl (C=O) groups is 1. The van der Waals surface area contributed by atoms with Gasteiger partial charge >= 0.3 is 5.97 Å². The van der Waals surface area contributed by atoms with Crippen molar-refractivity contribution in [2.45, 2.75) is 24.3 Å². The number of rotatable bonds is 7. The Bertz CT molecular complexity index is 407. The van der Waals surface area contributed by atoms with Crippen LogP contribution in [0.15, 0.2) is 41.8 Å². The minimum absolute atomic E-state index is 0.235. The van der Waals surface area contributed by atoms with E-state index in [1.54, 1.807) is 11.8 Å². The SMILES string of the molecule is C=CCSc1ccccc1NC(CC)C(=O)OC. The van der Waals surface area contributed by atoms with Gasteiger partial charge in [0.05, 0.1) is 7.11 Å². The number of benzene rings is 1. The summed E-state index contributed by atoms with van der Waals surface area (Å²) in [5, 5.41) is 3.23. The van der Waals surface area contributed by atoms with Crippen LogP contribution < -0.4 is 5.32 Å². The van der Waals surface area contributed by atoms with Gasteiger partial charge in [-0.3, -0.25) is 0 Å². The summed E-state index contributed by atoms with van der Waals surface area (Å²) >= 11 is 1.69. The number of hydrogen-bond acceptors (Lipinski definition) is 4. The lowest BCUT2D eigenvalue weighted by Gasteiger charge is -2.18. The molecule has 0 radical (unpaired) electrons. The Morgan fingerprint density at radius 2 is 2.28 bits per heavy atom. The molecule has 1 atom stereocenters. The van der Waals surface area contributed by atoms with Crippen molar-refractivity contribution in [2.75, 3.05) is 18.2 Å². The predicted octanol–water partition coefficient (Wildman–Crippen LogP) is 3.33. The van der Waals surface area contributed by atoms with E-state index in [4.69, 9.17) is 4.74 Å². The van der Waals surface area contributed by atoms with Gasteiger partial charge in [0.2, 0.25) is 0 Å². The first kappa shape index (κ1) is 14.6. The lowest BCUT2D eigenvalue weighted by Crippen LogP contribution is -2.30. The summed E-state index contributed by atoms with van der Waals surface area (Å²) in [4.78, 5) is 12.7. The highest BCUT2D eigenvalue weighted by Gasteiger charge is 2.17. The molecule has 0 aromatic heterocycles. The molecule has 0 amide bonds. The normalized spacial score (nSPS) is 11.7. The van der Waals surface area contributed by atoms with E-state index in [9.17, 15) is 4.79 Å². The van der Waals surface area contributed by atoms with Crippen molar-refractivity contribution in [1.29, 1.82) is 0 Å². The van der Waals surface area contributed by atoms with Crippen molar-refractivity contribution in [2.24, 2.45) is 0 Å². The van der Waals surface area contributed by atoms with Gasteiger partial charge < -0.3 is 10.1 Å². The van der Waals surface area contributed by atoms with Gasteiger partial charge in [0.25, 0.3) is 0 Å². The molecule has 0 aliphatic heterocycles. The number of hydrogen-bond donors (Lipinski definition) is 1. The third-order valence-electron chi connectivity index (χ3n) is 2.47. The molecular weight excluding hydrogens is 246 g/mol. The quantitative estimate of drug-likeness (QED) is 0.466. The van der Waals surface area contributed by atoms with Gasteiger partial charge in [-0.2, -0.15) is 0 Å². The Morgan fingerprint density at radius 3 is 2.89 bits per heavy atom. The van der Waals surface area contributed by atoms with E-state index in [0.29, 0.717) is 6.42 Å². The highest BCUT2D eigenvalue weighted by molar-refractivity contribution is 7.99. The summed E-state index contributed by atoms with van der Waals surface area (Å²) < 4.78 is 4.77. The zero-order valence-electron chi connectivity index (χ0n) is 10.8. The van der Waals surface area contributed by atoms with Crippen LogP contribution in [0.2, 0.25) is 0 Å². The third-order valence-corrected chi connectivity index (χ3v) is 3.54. The second kappa shape index (κ2) is 7.82. The first-order chi connectivity index (χ1) is 8.72. The molecule has 0 saturated heterocycles. The van der Waals surface area contributed by atoms with Crippen LogP contribution in [0.5, 0.6) is 0 Å². The standard InChI is InChI=1S/C14H19NO2S/c1-4-10-18-13-9-7-6-8-12(13)15-11(5-2)14(16)17-3/h4,6-9,11,15H,1,5,10H2,2-3H3. The maximum absolute atomic E-state index is 11.6. The maximum atomic E-state index is 11.6. The predicted molar refractivity (Wildman–Crippen MR) is 77.1 cm³/mol. The van der Waals surface area contributed by atoms with Crippen molar-refractivity contribution in [3.63, 3.8) is 0 Å². The number of nitrogens with one attached hydrogen (secondary N) is 1. The van der Waals surface area contributed by atoms with E-state index in [1.807, 2.05) is 37.3 Å². The molecule has 0 heterocycles. The molecule has 3 nitrogen and oxygen atoms in total. The second-order valence-corrected chi connectivity index (χ2v) is 4.79. The molecule has 0 fully saturated rings. The molecule has 0 saturated carbocycles. The van der Waals surface area contributed by atoms with Crippen molar-refractivity contribution >= 4 is 23.4 Å². The van der Waals surface area contributed by atoms with E-state index in [1.165, 1.54) is 7.11 Å². The molecule has 1 aromatic carbocycles. The second-order valence-electron chi connectivity index (χ2n) is 3.72. The number of carbonyl (C=O) groups excluding carboxylic acids is 1. The topological polar surface area (TPSA) is 38.3 Å². The smallest absolute Gasteiger partial charge is 0.328 e. The number of thioether (sulfide) groups is 1. The minimum atomic E-state index is -0.305. The molecule has 1 unspecified atom stereocenters. The van der Waals surface area contributed by atoms with Crippen LogP contribution in [-0.4, -0.2) is 24.9 Å². The number of esters is 1. The minimum Gasteiger partial charge on any atom is -0.467 e. The van der Waals surface area contributed by atoms with Crippen molar-refractivity contribution < 1.29 is 9.53 Å². The van der Waals surface area contributed by atoms with Gasteiger partial charge in [-0.15, -0.1) is 18.3 Å². The molecule has 1 N–H and O–H groups in total. The van der Waals surface area contributed by atoms with Gasteiger partial charge in [-0.1, -0.05) is 25.1 Å². The summed E-state index contributed by atoms with van der Waals surface area (Å²) in [6.45, 7) is 5.66. The monoisotopic (exact) mass is 265 g/mol. The Labute approximate surface area is 113 Å². The number of para-hydroxylation sites is 1. The fourth-order valence-corrected chi connectivity index (χ4v) is 2.27. The zero-order valence-corrected chi connectivity index (χ0v) is 11.6. The van der Waals surface area contributed by atoms with Crippen molar-refractivity contribution in [3.05, 3.63) is 36.9 Å². The molecular formula is C14H19NO2S. The van der Waals surface area contributed by atoms with Crippen LogP contribution in [0.3, 0.4) is 0 Å². The van der Waals surface area contributed by atoms with E-state index < -0.39 is 0 Å². The molecule has 1 aromatic rings. The van der Waals surface area contributed by atoms with Gasteiger partial charge in [0, 0.05) is 16.3 Å². The average Bonchev–Trinajstić information content (AvgIpc) is 2.42. The molecule has 98 valence electrons. The van der Waals surface area contributed by atoms with Gasteiger partial charge in [-0.05, 0) is 18.6 Å². The molecule has 4 heteroatoms. The molecule has 18 heavy (non-hydrogen) atoms. The Kier molecular flexibility index (Phi) is 6.36. The molecule has 0 aliphatic carbocycles. The summed E-state index contributed by atoms with van der Waals surface area (Å²) in [5.41, 5.74) is 0.960. The van der Waals surface area contributed by atoms with E-state index in [-0.39, 0.29) is 12.0 Å². The van der Waals surface area contributed by atoms with Crippen LogP contribution in [-0.2, 0) is 9.53 Å². The zero-order chi connectivity index (χ0) is 13.4. The Morgan fingerprint density at radius 1 is 1.56 bits per heavy atom. The number of anilines is 1. The fraction of sp³-hybridized carbons (Fsp3) is 0.357. The Balaban J connectivity index is 2.81. The lowest BCUT2D eigenvalue weighted by molar-refractivity contribution is -0.141. The van der Waals surface area contributed by atoms with Crippen LogP contribution in [0, 0.1) is 0 Å². The average molecular weight is 265 g/mol. The molecule has 0 bridgehead atoms. The Hall–Kier alpha value is -1.42. The number of ether oxygens (including phenoxy) is 1. The summed E-state index contributed by atoms with van der Waals surface area (Å²) in [7, 11) is 1.41. The molecule has 0 spiro atoms. The van der Waals surface area contributed by atoms with Gasteiger partial charge in [0.1, 0.15) is 6.04 Å². The van der Waals surface area contributed by atoms with Gasteiger partial charge in [0.15, 0.2) is 0 Å². The number of methoxy groups -OCH3 is 1. The first-order valence-electron chi connectivity index (χ1n) is 5.90. The third kappa shape index (κ3) is 4.11. The summed E-state index contributed by atoms with van der Waals surface area (Å²) in [6.07, 6.45) is 2.55. The largest absolute Gasteiger partial charge is 0.467 e. The van der Waals surface area contributed by atoms with Crippen molar-refractivity contribution in [3.8, 4) is 0 Å². The van der Waals surface area contributed by atoms with Gasteiger partial charge in [-0.25, -0.2) is 4.79 Å². The molecule has 0 aliphatic rings. The van der Waals surface area contributed by atoms with Crippen LogP contribution >= 0.6 is 11.8 Å². The van der Waals surface area contributed by atoms with Crippen molar-refractivity contribution in [1.82, 2.24) is 0 Å². The van der Waals surface area contributed by atoms with Crippen LogP contribution in [0.25, 0.3) is 0 Å². The first-order valence-corrected chi connectivity index (χ1v) is 6.88. The van der Waals surface area contributed by atoms with E-state index in [0.717, 1.165) is 16.3 Å². The highest BCUT2D eigenvalue weighted by atomic mass is 32.2. The van der Waals surface area contributed by atoms with Crippen LogP contribution in [0.4, 0.5) is 5.69 Å². The molecule has 1 rings (SSSR count). The van der Waals surface area contributed by atoms with Crippen LogP contribution in [0.1, 0.15) is 13.3 Å². The maximum Gasteiger partial charge on any atom is 0.328 e. The lowest BCUT2D eigenvalue weighted by atomic mass is 10.2. The summed E-state index contributed by atoms with van der Waals surface area (Å²) in [5.74, 6) is 0.606.